The molecule has 0 saturated carbocycles. The summed E-state index contributed by atoms with van der Waals surface area (Å²) in [6, 6.07) is 0. The molecular formula is C8H13F3N2O6S2. The number of alkyl halides is 3. The summed E-state index contributed by atoms with van der Waals surface area (Å²) in [5, 5.41) is -0.881. The smallest absolute Gasteiger partial charge is 0.485 e. The van der Waals surface area contributed by atoms with E-state index in [1.165, 1.54) is 4.57 Å². The van der Waals surface area contributed by atoms with Crippen molar-refractivity contribution < 1.29 is 43.7 Å². The molecule has 21 heavy (non-hydrogen) atoms. The van der Waals surface area contributed by atoms with Gasteiger partial charge in [0, 0.05) is 6.42 Å². The molecule has 1 heterocycles. The van der Waals surface area contributed by atoms with Crippen molar-refractivity contribution in [1.29, 1.82) is 0 Å². The van der Waals surface area contributed by atoms with Gasteiger partial charge in [0.05, 0.1) is 7.05 Å². The minimum atomic E-state index is -6.09. The second-order valence-electron chi connectivity index (χ2n) is 3.80. The van der Waals surface area contributed by atoms with Crippen molar-refractivity contribution in [2.45, 2.75) is 24.2 Å². The van der Waals surface area contributed by atoms with Crippen molar-refractivity contribution in [2.24, 2.45) is 7.05 Å². The van der Waals surface area contributed by atoms with Crippen LogP contribution in [0.4, 0.5) is 13.2 Å². The molecular weight excluding hydrogens is 341 g/mol. The summed E-state index contributed by atoms with van der Waals surface area (Å²) in [6.07, 6.45) is 5.28. The predicted octanol–water partition coefficient (Wildman–Crippen LogP) is 0.160. The first-order valence-corrected chi connectivity index (χ1v) is 8.12. The van der Waals surface area contributed by atoms with Crippen LogP contribution in [0.1, 0.15) is 18.7 Å². The summed E-state index contributed by atoms with van der Waals surface area (Å²) < 4.78 is 92.8. The molecule has 0 radical (unpaired) electrons. The number of imidazole rings is 1. The van der Waals surface area contributed by atoms with E-state index in [1.54, 1.807) is 37.3 Å². The lowest BCUT2D eigenvalue weighted by Crippen LogP contribution is -2.25. The summed E-state index contributed by atoms with van der Waals surface area (Å²) in [4.78, 5) is 0. The van der Waals surface area contributed by atoms with Gasteiger partial charge in [-0.2, -0.15) is 21.6 Å². The van der Waals surface area contributed by atoms with Crippen LogP contribution in [0.2, 0.25) is 0 Å². The lowest BCUT2D eigenvalue weighted by atomic mass is 10.5. The summed E-state index contributed by atoms with van der Waals surface area (Å²) in [5.41, 5.74) is -5.65. The SMILES string of the molecule is CCC(n1cc[n+](C)c1)S(=O)(=O)O.O=S(=O)([O-])C(F)(F)F. The zero-order valence-corrected chi connectivity index (χ0v) is 12.5. The van der Waals surface area contributed by atoms with Crippen LogP contribution in [-0.4, -0.2) is 36.0 Å². The van der Waals surface area contributed by atoms with Gasteiger partial charge in [-0.15, -0.1) is 0 Å². The molecule has 1 unspecified atom stereocenters. The average molecular weight is 354 g/mol. The number of rotatable bonds is 3. The third kappa shape index (κ3) is 6.41. The normalized spacial score (nSPS) is 14.2. The highest BCUT2D eigenvalue weighted by atomic mass is 32.2. The molecule has 13 heteroatoms. The lowest BCUT2D eigenvalue weighted by molar-refractivity contribution is -0.671. The molecule has 124 valence electrons. The molecule has 0 spiro atoms. The van der Waals surface area contributed by atoms with Gasteiger partial charge in [0.1, 0.15) is 12.4 Å². The van der Waals surface area contributed by atoms with E-state index in [2.05, 4.69) is 0 Å². The number of nitrogens with zero attached hydrogens (tertiary/aromatic N) is 2. The van der Waals surface area contributed by atoms with Crippen LogP contribution in [0, 0.1) is 0 Å². The van der Waals surface area contributed by atoms with Crippen LogP contribution in [0.3, 0.4) is 0 Å². The Morgan fingerprint density at radius 1 is 1.33 bits per heavy atom. The van der Waals surface area contributed by atoms with Gasteiger partial charge >= 0.3 is 15.6 Å². The van der Waals surface area contributed by atoms with Crippen molar-refractivity contribution in [3.63, 3.8) is 0 Å². The Bertz CT molecular complexity index is 664. The Morgan fingerprint density at radius 3 is 1.95 bits per heavy atom. The van der Waals surface area contributed by atoms with Gasteiger partial charge in [-0.25, -0.2) is 17.6 Å². The number of hydrogen-bond donors (Lipinski definition) is 1. The first-order valence-electron chi connectivity index (χ1n) is 5.21. The molecule has 0 fully saturated rings. The van der Waals surface area contributed by atoms with Crippen LogP contribution in [-0.2, 0) is 27.3 Å². The minimum Gasteiger partial charge on any atom is -0.741 e. The molecule has 1 N–H and O–H groups in total. The third-order valence-electron chi connectivity index (χ3n) is 2.10. The molecule has 1 aromatic rings. The second kappa shape index (κ2) is 6.72. The molecule has 0 amide bonds. The monoisotopic (exact) mass is 354 g/mol. The van der Waals surface area contributed by atoms with Crippen LogP contribution < -0.4 is 4.57 Å². The summed E-state index contributed by atoms with van der Waals surface area (Å²) >= 11 is 0. The van der Waals surface area contributed by atoms with E-state index in [0.29, 0.717) is 6.42 Å². The van der Waals surface area contributed by atoms with Crippen LogP contribution in [0.15, 0.2) is 18.7 Å². The molecule has 0 aromatic carbocycles. The topological polar surface area (TPSA) is 120 Å². The summed E-state index contributed by atoms with van der Waals surface area (Å²) in [6.45, 7) is 1.71. The van der Waals surface area contributed by atoms with Gasteiger partial charge < -0.3 is 4.55 Å². The number of aromatic nitrogens is 2. The maximum absolute atomic E-state index is 10.9. The highest BCUT2D eigenvalue weighted by Crippen LogP contribution is 2.20. The fourth-order valence-electron chi connectivity index (χ4n) is 1.22. The summed E-state index contributed by atoms with van der Waals surface area (Å²) in [5.74, 6) is 0. The van der Waals surface area contributed by atoms with E-state index < -0.39 is 31.1 Å². The van der Waals surface area contributed by atoms with Gasteiger partial charge in [-0.3, -0.25) is 4.55 Å². The van der Waals surface area contributed by atoms with Gasteiger partial charge in [-0.1, -0.05) is 6.92 Å². The van der Waals surface area contributed by atoms with Crippen molar-refractivity contribution in [3.05, 3.63) is 18.7 Å². The first-order chi connectivity index (χ1) is 9.20. The first kappa shape index (κ1) is 19.8. The molecule has 0 bridgehead atoms. The Morgan fingerprint density at radius 2 is 1.76 bits per heavy atom. The van der Waals surface area contributed by atoms with Crippen molar-refractivity contribution in [1.82, 2.24) is 4.57 Å². The lowest BCUT2D eigenvalue weighted by Gasteiger charge is -2.08. The van der Waals surface area contributed by atoms with E-state index in [-0.39, 0.29) is 0 Å². The quantitative estimate of drug-likeness (QED) is 0.469. The van der Waals surface area contributed by atoms with Gasteiger partial charge in [0.15, 0.2) is 10.1 Å². The van der Waals surface area contributed by atoms with Gasteiger partial charge in [0.25, 0.3) is 0 Å². The van der Waals surface area contributed by atoms with Crippen molar-refractivity contribution in [3.8, 4) is 0 Å². The van der Waals surface area contributed by atoms with Crippen molar-refractivity contribution >= 4 is 20.2 Å². The van der Waals surface area contributed by atoms with E-state index in [4.69, 9.17) is 17.5 Å². The number of hydrogen-bond acceptors (Lipinski definition) is 5. The summed E-state index contributed by atoms with van der Waals surface area (Å²) in [7, 11) is -8.31. The Hall–Kier alpha value is -1.18. The second-order valence-corrected chi connectivity index (χ2v) is 6.75. The molecule has 0 aliphatic carbocycles. The van der Waals surface area contributed by atoms with Gasteiger partial charge in [0.2, 0.25) is 11.7 Å². The Kier molecular flexibility index (Phi) is 6.34. The Labute approximate surface area is 119 Å². The van der Waals surface area contributed by atoms with E-state index >= 15 is 0 Å². The van der Waals surface area contributed by atoms with Gasteiger partial charge in [-0.05, 0) is 0 Å². The minimum absolute atomic E-state index is 0.341. The Balaban J connectivity index is 0.000000433. The number of halogens is 3. The molecule has 0 saturated heterocycles. The largest absolute Gasteiger partial charge is 0.741 e. The van der Waals surface area contributed by atoms with Crippen LogP contribution in [0.25, 0.3) is 0 Å². The molecule has 0 aliphatic heterocycles. The zero-order valence-electron chi connectivity index (χ0n) is 10.8. The van der Waals surface area contributed by atoms with Crippen LogP contribution >= 0.6 is 0 Å². The molecule has 1 atom stereocenters. The third-order valence-corrected chi connectivity index (χ3v) is 3.93. The van der Waals surface area contributed by atoms with E-state index in [0.717, 1.165) is 0 Å². The average Bonchev–Trinajstić information content (AvgIpc) is 2.61. The van der Waals surface area contributed by atoms with Crippen LogP contribution in [0.5, 0.6) is 0 Å². The fraction of sp³-hybridized carbons (Fsp3) is 0.625. The highest BCUT2D eigenvalue weighted by Gasteiger charge is 2.36. The van der Waals surface area contributed by atoms with Crippen molar-refractivity contribution in [2.75, 3.05) is 0 Å². The number of aryl methyl sites for hydroxylation is 1. The fourth-order valence-corrected chi connectivity index (χ4v) is 2.07. The zero-order chi connectivity index (χ0) is 17.1. The maximum atomic E-state index is 10.9. The molecule has 8 nitrogen and oxygen atoms in total. The molecule has 1 rings (SSSR count). The maximum Gasteiger partial charge on any atom is 0.485 e. The highest BCUT2D eigenvalue weighted by molar-refractivity contribution is 7.86. The van der Waals surface area contributed by atoms with E-state index in [1.807, 2.05) is 0 Å². The van der Waals surface area contributed by atoms with E-state index in [9.17, 15) is 21.6 Å². The molecule has 0 aliphatic rings. The predicted molar refractivity (Wildman–Crippen MR) is 62.2 cm³/mol. The molecule has 1 aromatic heterocycles. The standard InChI is InChI=1S/C7H12N2O3S.CHF3O3S/c1-3-7(13(10,11)12)9-5-4-8(2)6-9;2-1(3,4)8(5,6)7/h4-7H,3H2,1-2H3;(H,5,6,7).